The molecule has 0 aromatic carbocycles. The summed E-state index contributed by atoms with van der Waals surface area (Å²) in [6, 6.07) is -0.259. The van der Waals surface area contributed by atoms with Crippen LogP contribution in [0.5, 0.6) is 0 Å². The quantitative estimate of drug-likeness (QED) is 0.826. The van der Waals surface area contributed by atoms with Gasteiger partial charge in [-0.15, -0.1) is 0 Å². The van der Waals surface area contributed by atoms with Crippen LogP contribution in [0.15, 0.2) is 12.4 Å². The standard InChI is InChI=1S/C13H18N4O2/c1-9-14-4-5-16(9)6-7-17-11(18)8-15-13(19)12(17)10-2-3-10/h4-5,10,12H,2-3,6-8H2,1H3,(H,15,19). The van der Waals surface area contributed by atoms with Gasteiger partial charge in [-0.3, -0.25) is 9.59 Å². The number of carbonyl (C=O) groups is 2. The fraction of sp³-hybridized carbons (Fsp3) is 0.615. The molecule has 2 amide bonds. The Kier molecular flexibility index (Phi) is 3.00. The molecule has 0 spiro atoms. The van der Waals surface area contributed by atoms with Crippen molar-refractivity contribution in [3.63, 3.8) is 0 Å². The number of aromatic nitrogens is 2. The number of aryl methyl sites for hydroxylation is 1. The smallest absolute Gasteiger partial charge is 0.243 e. The molecule has 1 aliphatic heterocycles. The summed E-state index contributed by atoms with van der Waals surface area (Å²) in [7, 11) is 0. The summed E-state index contributed by atoms with van der Waals surface area (Å²) < 4.78 is 2.00. The molecule has 1 aromatic rings. The topological polar surface area (TPSA) is 67.2 Å². The molecule has 2 fully saturated rings. The fourth-order valence-electron chi connectivity index (χ4n) is 2.67. The highest BCUT2D eigenvalue weighted by Crippen LogP contribution is 2.36. The molecule has 1 atom stereocenters. The van der Waals surface area contributed by atoms with Crippen LogP contribution in [0.25, 0.3) is 0 Å². The van der Waals surface area contributed by atoms with Gasteiger partial charge in [-0.05, 0) is 25.7 Å². The number of imidazole rings is 1. The average molecular weight is 262 g/mol. The van der Waals surface area contributed by atoms with Crippen LogP contribution in [0.4, 0.5) is 0 Å². The minimum atomic E-state index is -0.259. The van der Waals surface area contributed by atoms with Gasteiger partial charge in [0.05, 0.1) is 6.54 Å². The van der Waals surface area contributed by atoms with Gasteiger partial charge >= 0.3 is 0 Å². The van der Waals surface area contributed by atoms with Gasteiger partial charge in [-0.2, -0.15) is 0 Å². The zero-order chi connectivity index (χ0) is 13.4. The van der Waals surface area contributed by atoms with Crippen molar-refractivity contribution >= 4 is 11.8 Å². The van der Waals surface area contributed by atoms with Gasteiger partial charge in [0.1, 0.15) is 11.9 Å². The first kappa shape index (κ1) is 12.2. The molecule has 1 saturated carbocycles. The minimum absolute atomic E-state index is 0.00412. The third-order valence-electron chi connectivity index (χ3n) is 3.91. The van der Waals surface area contributed by atoms with Crippen molar-refractivity contribution in [2.45, 2.75) is 32.4 Å². The lowest BCUT2D eigenvalue weighted by molar-refractivity contribution is -0.146. The van der Waals surface area contributed by atoms with Crippen LogP contribution in [-0.2, 0) is 16.1 Å². The molecule has 1 N–H and O–H groups in total. The monoisotopic (exact) mass is 262 g/mol. The van der Waals surface area contributed by atoms with E-state index in [0.29, 0.717) is 19.0 Å². The second-order valence-corrected chi connectivity index (χ2v) is 5.26. The Morgan fingerprint density at radius 1 is 1.37 bits per heavy atom. The highest BCUT2D eigenvalue weighted by atomic mass is 16.2. The van der Waals surface area contributed by atoms with E-state index in [1.54, 1.807) is 11.1 Å². The predicted octanol–water partition coefficient (Wildman–Crippen LogP) is -0.0715. The van der Waals surface area contributed by atoms with Crippen molar-refractivity contribution in [3.8, 4) is 0 Å². The molecule has 6 nitrogen and oxygen atoms in total. The van der Waals surface area contributed by atoms with Gasteiger partial charge in [0.15, 0.2) is 0 Å². The van der Waals surface area contributed by atoms with E-state index in [2.05, 4.69) is 10.3 Å². The molecule has 0 radical (unpaired) electrons. The number of hydrogen-bond donors (Lipinski definition) is 1. The number of hydrogen-bond acceptors (Lipinski definition) is 3. The lowest BCUT2D eigenvalue weighted by atomic mass is 10.1. The second-order valence-electron chi connectivity index (χ2n) is 5.26. The van der Waals surface area contributed by atoms with Gasteiger partial charge < -0.3 is 14.8 Å². The van der Waals surface area contributed by atoms with E-state index in [1.807, 2.05) is 17.7 Å². The van der Waals surface area contributed by atoms with Gasteiger partial charge in [0.2, 0.25) is 11.8 Å². The SMILES string of the molecule is Cc1nccn1CCN1C(=O)CNC(=O)C1C1CC1. The Bertz CT molecular complexity index is 506. The first-order chi connectivity index (χ1) is 9.16. The first-order valence-corrected chi connectivity index (χ1v) is 6.72. The maximum Gasteiger partial charge on any atom is 0.243 e. The van der Waals surface area contributed by atoms with Crippen LogP contribution in [0.1, 0.15) is 18.7 Å². The summed E-state index contributed by atoms with van der Waals surface area (Å²) in [6.07, 6.45) is 5.74. The molecule has 102 valence electrons. The van der Waals surface area contributed by atoms with E-state index in [4.69, 9.17) is 0 Å². The van der Waals surface area contributed by atoms with Crippen molar-refractivity contribution in [1.29, 1.82) is 0 Å². The van der Waals surface area contributed by atoms with Crippen LogP contribution in [0.2, 0.25) is 0 Å². The average Bonchev–Trinajstić information content (AvgIpc) is 3.14. The zero-order valence-electron chi connectivity index (χ0n) is 11.0. The van der Waals surface area contributed by atoms with Crippen LogP contribution in [0, 0.1) is 12.8 Å². The summed E-state index contributed by atoms with van der Waals surface area (Å²) in [6.45, 7) is 3.33. The molecule has 6 heteroatoms. The number of rotatable bonds is 4. The lowest BCUT2D eigenvalue weighted by Gasteiger charge is -2.35. The third-order valence-corrected chi connectivity index (χ3v) is 3.91. The molecular formula is C13H18N4O2. The Hall–Kier alpha value is -1.85. The number of carbonyl (C=O) groups excluding carboxylic acids is 2. The summed E-state index contributed by atoms with van der Waals surface area (Å²) >= 11 is 0. The molecule has 1 saturated heterocycles. The molecule has 3 rings (SSSR count). The van der Waals surface area contributed by atoms with E-state index in [1.165, 1.54) is 0 Å². The summed E-state index contributed by atoms with van der Waals surface area (Å²) in [5, 5.41) is 2.69. The van der Waals surface area contributed by atoms with Gasteiger partial charge in [0.25, 0.3) is 0 Å². The lowest BCUT2D eigenvalue weighted by Crippen LogP contribution is -2.59. The van der Waals surface area contributed by atoms with Crippen LogP contribution >= 0.6 is 0 Å². The molecule has 19 heavy (non-hydrogen) atoms. The Labute approximate surface area is 111 Å². The molecule has 2 aliphatic rings. The van der Waals surface area contributed by atoms with Crippen molar-refractivity contribution < 1.29 is 9.59 Å². The Balaban J connectivity index is 1.71. The highest BCUT2D eigenvalue weighted by Gasteiger charge is 2.44. The molecule has 0 bridgehead atoms. The van der Waals surface area contributed by atoms with E-state index < -0.39 is 0 Å². The van der Waals surface area contributed by atoms with Gasteiger partial charge in [-0.25, -0.2) is 4.98 Å². The fourth-order valence-corrected chi connectivity index (χ4v) is 2.67. The van der Waals surface area contributed by atoms with Gasteiger partial charge in [-0.1, -0.05) is 0 Å². The predicted molar refractivity (Wildman–Crippen MR) is 68.2 cm³/mol. The molecule has 1 aliphatic carbocycles. The van der Waals surface area contributed by atoms with Crippen LogP contribution in [0.3, 0.4) is 0 Å². The summed E-state index contributed by atoms with van der Waals surface area (Å²) in [5.74, 6) is 1.31. The van der Waals surface area contributed by atoms with E-state index in [0.717, 1.165) is 18.7 Å². The van der Waals surface area contributed by atoms with E-state index >= 15 is 0 Å². The molecule has 1 aromatic heterocycles. The maximum atomic E-state index is 12.0. The number of piperazine rings is 1. The zero-order valence-corrected chi connectivity index (χ0v) is 11.0. The van der Waals surface area contributed by atoms with Crippen molar-refractivity contribution in [1.82, 2.24) is 19.8 Å². The molecule has 1 unspecified atom stereocenters. The van der Waals surface area contributed by atoms with Crippen LogP contribution in [-0.4, -0.2) is 45.4 Å². The Morgan fingerprint density at radius 3 is 2.79 bits per heavy atom. The minimum Gasteiger partial charge on any atom is -0.345 e. The molecule has 2 heterocycles. The highest BCUT2D eigenvalue weighted by molar-refractivity contribution is 5.95. The van der Waals surface area contributed by atoms with Crippen molar-refractivity contribution in [2.75, 3.05) is 13.1 Å². The van der Waals surface area contributed by atoms with E-state index in [9.17, 15) is 9.59 Å². The maximum absolute atomic E-state index is 12.0. The summed E-state index contributed by atoms with van der Waals surface area (Å²) in [5.41, 5.74) is 0. The first-order valence-electron chi connectivity index (χ1n) is 6.72. The van der Waals surface area contributed by atoms with Gasteiger partial charge in [0, 0.05) is 25.5 Å². The molecular weight excluding hydrogens is 244 g/mol. The Morgan fingerprint density at radius 2 is 2.16 bits per heavy atom. The van der Waals surface area contributed by atoms with Crippen molar-refractivity contribution in [3.05, 3.63) is 18.2 Å². The van der Waals surface area contributed by atoms with Crippen molar-refractivity contribution in [2.24, 2.45) is 5.92 Å². The van der Waals surface area contributed by atoms with Crippen LogP contribution < -0.4 is 5.32 Å². The van der Waals surface area contributed by atoms with E-state index in [-0.39, 0.29) is 24.4 Å². The number of nitrogens with one attached hydrogen (secondary N) is 1. The number of amides is 2. The normalized spacial score (nSPS) is 23.6. The second kappa shape index (κ2) is 4.68. The third kappa shape index (κ3) is 2.34. The summed E-state index contributed by atoms with van der Waals surface area (Å²) in [4.78, 5) is 29.9. The number of nitrogens with zero attached hydrogens (tertiary/aromatic N) is 3. The largest absolute Gasteiger partial charge is 0.345 e.